The van der Waals surface area contributed by atoms with Crippen LogP contribution in [0.25, 0.3) is 0 Å². The molecule has 5 heteroatoms. The predicted molar refractivity (Wildman–Crippen MR) is 107 cm³/mol. The molecule has 2 heterocycles. The van der Waals surface area contributed by atoms with Gasteiger partial charge in [-0.2, -0.15) is 0 Å². The van der Waals surface area contributed by atoms with Gasteiger partial charge < -0.3 is 15.0 Å². The van der Waals surface area contributed by atoms with E-state index >= 15 is 0 Å². The van der Waals surface area contributed by atoms with E-state index in [1.807, 2.05) is 12.1 Å². The standard InChI is InChI=1S/C23H24N2O3/c1-3-16-8-10-17(11-9-16)14-28-21-6-4-5-18-19(21)13-25(23(18)27)20-12-7-15(2)24-22(20)26/h4-6,8-11,20H,2-3,7,12-14H2,1H3,(H,24,26)/t20-/m0/s1. The molecule has 2 aromatic carbocycles. The van der Waals surface area contributed by atoms with Gasteiger partial charge in [0.1, 0.15) is 18.4 Å². The van der Waals surface area contributed by atoms with Crippen LogP contribution in [0.15, 0.2) is 54.7 Å². The van der Waals surface area contributed by atoms with Gasteiger partial charge in [-0.1, -0.05) is 43.8 Å². The maximum Gasteiger partial charge on any atom is 0.255 e. The lowest BCUT2D eigenvalue weighted by atomic mass is 10.0. The van der Waals surface area contributed by atoms with Gasteiger partial charge in [-0.05, 0) is 42.5 Å². The van der Waals surface area contributed by atoms with Crippen LogP contribution >= 0.6 is 0 Å². The number of aryl methyl sites for hydroxylation is 1. The fourth-order valence-electron chi connectivity index (χ4n) is 3.80. The van der Waals surface area contributed by atoms with Crippen LogP contribution in [-0.2, 0) is 24.4 Å². The van der Waals surface area contributed by atoms with E-state index in [0.717, 1.165) is 17.5 Å². The van der Waals surface area contributed by atoms with Crippen molar-refractivity contribution < 1.29 is 14.3 Å². The minimum atomic E-state index is -0.458. The molecule has 0 unspecified atom stereocenters. The summed E-state index contributed by atoms with van der Waals surface area (Å²) in [7, 11) is 0. The summed E-state index contributed by atoms with van der Waals surface area (Å²) >= 11 is 0. The van der Waals surface area contributed by atoms with Crippen molar-refractivity contribution in [1.82, 2.24) is 10.2 Å². The van der Waals surface area contributed by atoms with Crippen LogP contribution in [0, 0.1) is 0 Å². The third kappa shape index (κ3) is 3.40. The van der Waals surface area contributed by atoms with Crippen LogP contribution < -0.4 is 10.1 Å². The van der Waals surface area contributed by atoms with Crippen LogP contribution in [0.3, 0.4) is 0 Å². The zero-order valence-corrected chi connectivity index (χ0v) is 16.0. The lowest BCUT2D eigenvalue weighted by Gasteiger charge is -2.31. The lowest BCUT2D eigenvalue weighted by molar-refractivity contribution is -0.126. The summed E-state index contributed by atoms with van der Waals surface area (Å²) in [5.41, 5.74) is 4.56. The largest absolute Gasteiger partial charge is 0.489 e. The van der Waals surface area contributed by atoms with E-state index in [-0.39, 0.29) is 11.8 Å². The van der Waals surface area contributed by atoms with Crippen molar-refractivity contribution >= 4 is 11.8 Å². The second-order valence-electron chi connectivity index (χ2n) is 7.32. The zero-order chi connectivity index (χ0) is 19.7. The number of nitrogens with one attached hydrogen (secondary N) is 1. The van der Waals surface area contributed by atoms with Crippen molar-refractivity contribution in [2.45, 2.75) is 45.4 Å². The van der Waals surface area contributed by atoms with E-state index in [1.165, 1.54) is 5.56 Å². The molecule has 0 aromatic heterocycles. The van der Waals surface area contributed by atoms with Gasteiger partial charge in [0.2, 0.25) is 5.91 Å². The van der Waals surface area contributed by atoms with Crippen molar-refractivity contribution in [3.8, 4) is 5.75 Å². The molecule has 5 nitrogen and oxygen atoms in total. The topological polar surface area (TPSA) is 58.6 Å². The molecular formula is C23H24N2O3. The molecule has 1 atom stereocenters. The molecule has 4 rings (SSSR count). The summed E-state index contributed by atoms with van der Waals surface area (Å²) in [6.45, 7) is 6.77. The number of fused-ring (bicyclic) bond motifs is 1. The molecule has 0 spiro atoms. The number of amides is 2. The Bertz CT molecular complexity index is 933. The summed E-state index contributed by atoms with van der Waals surface area (Å²) in [5, 5.41) is 2.77. The molecule has 0 bridgehead atoms. The van der Waals surface area contributed by atoms with E-state index in [4.69, 9.17) is 4.74 Å². The van der Waals surface area contributed by atoms with Gasteiger partial charge in [0.05, 0.1) is 6.54 Å². The predicted octanol–water partition coefficient (Wildman–Crippen LogP) is 3.58. The molecule has 28 heavy (non-hydrogen) atoms. The minimum Gasteiger partial charge on any atom is -0.489 e. The number of hydrogen-bond donors (Lipinski definition) is 1. The van der Waals surface area contributed by atoms with Crippen molar-refractivity contribution in [2.75, 3.05) is 0 Å². The summed E-state index contributed by atoms with van der Waals surface area (Å²) < 4.78 is 6.04. The molecule has 2 aliphatic heterocycles. The van der Waals surface area contributed by atoms with Gasteiger partial charge >= 0.3 is 0 Å². The van der Waals surface area contributed by atoms with Crippen molar-refractivity contribution in [3.05, 3.63) is 77.0 Å². The smallest absolute Gasteiger partial charge is 0.255 e. The molecule has 0 aliphatic carbocycles. The second-order valence-corrected chi connectivity index (χ2v) is 7.32. The number of piperidine rings is 1. The highest BCUT2D eigenvalue weighted by Gasteiger charge is 2.39. The summed E-state index contributed by atoms with van der Waals surface area (Å²) in [5.74, 6) is 0.435. The van der Waals surface area contributed by atoms with Gasteiger partial charge in [0.15, 0.2) is 0 Å². The first-order chi connectivity index (χ1) is 13.6. The van der Waals surface area contributed by atoms with Crippen LogP contribution in [0.4, 0.5) is 0 Å². The van der Waals surface area contributed by atoms with Gasteiger partial charge in [-0.3, -0.25) is 9.59 Å². The number of allylic oxidation sites excluding steroid dienone is 1. The van der Waals surface area contributed by atoms with Crippen molar-refractivity contribution in [2.24, 2.45) is 0 Å². The number of rotatable bonds is 5. The maximum absolute atomic E-state index is 12.9. The van der Waals surface area contributed by atoms with E-state index in [9.17, 15) is 9.59 Å². The van der Waals surface area contributed by atoms with Crippen LogP contribution in [-0.4, -0.2) is 22.8 Å². The Hall–Kier alpha value is -3.08. The van der Waals surface area contributed by atoms with Gasteiger partial charge in [0.25, 0.3) is 5.91 Å². The highest BCUT2D eigenvalue weighted by molar-refractivity contribution is 6.02. The maximum atomic E-state index is 12.9. The van der Waals surface area contributed by atoms with Crippen LogP contribution in [0.1, 0.15) is 46.8 Å². The SMILES string of the molecule is C=C1CC[C@H](N2Cc3c(OCc4ccc(CC)cc4)cccc3C2=O)C(=O)N1. The van der Waals surface area contributed by atoms with Crippen molar-refractivity contribution in [3.63, 3.8) is 0 Å². The van der Waals surface area contributed by atoms with Crippen molar-refractivity contribution in [1.29, 1.82) is 0 Å². The first-order valence-corrected chi connectivity index (χ1v) is 9.69. The lowest BCUT2D eigenvalue weighted by Crippen LogP contribution is -2.49. The molecule has 1 fully saturated rings. The second kappa shape index (κ2) is 7.50. The zero-order valence-electron chi connectivity index (χ0n) is 16.0. The summed E-state index contributed by atoms with van der Waals surface area (Å²) in [6.07, 6.45) is 2.30. The Balaban J connectivity index is 1.50. The number of ether oxygens (including phenoxy) is 1. The molecule has 2 aromatic rings. The fraction of sp³-hybridized carbons (Fsp3) is 0.304. The molecule has 0 saturated carbocycles. The number of hydrogen-bond acceptors (Lipinski definition) is 3. The molecular weight excluding hydrogens is 352 g/mol. The first-order valence-electron chi connectivity index (χ1n) is 9.69. The third-order valence-corrected chi connectivity index (χ3v) is 5.48. The Morgan fingerprint density at radius 2 is 1.89 bits per heavy atom. The average molecular weight is 376 g/mol. The molecule has 2 aliphatic rings. The Kier molecular flexibility index (Phi) is 4.90. The normalized spacial score (nSPS) is 18.8. The summed E-state index contributed by atoms with van der Waals surface area (Å²) in [4.78, 5) is 26.9. The van der Waals surface area contributed by atoms with Gasteiger partial charge in [-0.25, -0.2) is 0 Å². The van der Waals surface area contributed by atoms with Crippen LogP contribution in [0.5, 0.6) is 5.75 Å². The van der Waals surface area contributed by atoms with Crippen LogP contribution in [0.2, 0.25) is 0 Å². The Morgan fingerprint density at radius 1 is 1.14 bits per heavy atom. The first kappa shape index (κ1) is 18.3. The quantitative estimate of drug-likeness (QED) is 0.868. The van der Waals surface area contributed by atoms with E-state index in [2.05, 4.69) is 43.1 Å². The fourth-order valence-corrected chi connectivity index (χ4v) is 3.80. The van der Waals surface area contributed by atoms with E-state index < -0.39 is 6.04 Å². The molecule has 1 saturated heterocycles. The molecule has 1 N–H and O–H groups in total. The minimum absolute atomic E-state index is 0.111. The number of carbonyl (C=O) groups excluding carboxylic acids is 2. The average Bonchev–Trinajstić information content (AvgIpc) is 3.04. The van der Waals surface area contributed by atoms with E-state index in [1.54, 1.807) is 11.0 Å². The Labute approximate surface area is 165 Å². The highest BCUT2D eigenvalue weighted by atomic mass is 16.5. The number of benzene rings is 2. The molecule has 0 radical (unpaired) electrons. The third-order valence-electron chi connectivity index (χ3n) is 5.48. The number of carbonyl (C=O) groups is 2. The molecule has 144 valence electrons. The molecule has 2 amide bonds. The van der Waals surface area contributed by atoms with Gasteiger partial charge in [0, 0.05) is 16.8 Å². The highest BCUT2D eigenvalue weighted by Crippen LogP contribution is 2.34. The van der Waals surface area contributed by atoms with Gasteiger partial charge in [-0.15, -0.1) is 0 Å². The monoisotopic (exact) mass is 376 g/mol. The van der Waals surface area contributed by atoms with E-state index in [0.29, 0.717) is 43.0 Å². The summed E-state index contributed by atoms with van der Waals surface area (Å²) in [6, 6.07) is 13.4. The Morgan fingerprint density at radius 3 is 2.61 bits per heavy atom. The number of nitrogens with zero attached hydrogens (tertiary/aromatic N) is 1.